The second-order valence-electron chi connectivity index (χ2n) is 5.10. The molecule has 0 aromatic heterocycles. The number of carbonyl (C=O) groups excluding carboxylic acids is 1. The Hall–Kier alpha value is -1.57. The van der Waals surface area contributed by atoms with E-state index in [2.05, 4.69) is 17.6 Å². The van der Waals surface area contributed by atoms with Crippen molar-refractivity contribution in [3.8, 4) is 6.07 Å². The number of halogens is 1. The number of carbonyl (C=O) groups is 1. The number of piperidine rings is 1. The van der Waals surface area contributed by atoms with Gasteiger partial charge in [0.25, 0.3) is 0 Å². The molecule has 106 valence electrons. The Labute approximate surface area is 124 Å². The first kappa shape index (κ1) is 14.8. The van der Waals surface area contributed by atoms with Crippen LogP contribution in [-0.4, -0.2) is 18.5 Å². The fourth-order valence-electron chi connectivity index (χ4n) is 2.48. The van der Waals surface area contributed by atoms with Crippen LogP contribution in [0.5, 0.6) is 0 Å². The molecule has 1 saturated heterocycles. The molecular weight excluding hydrogens is 274 g/mol. The second kappa shape index (κ2) is 6.74. The number of anilines is 1. The van der Waals surface area contributed by atoms with Gasteiger partial charge in [0.1, 0.15) is 6.07 Å². The van der Waals surface area contributed by atoms with Crippen molar-refractivity contribution < 1.29 is 4.79 Å². The fourth-order valence-corrected chi connectivity index (χ4v) is 2.70. The Balaban J connectivity index is 2.01. The highest BCUT2D eigenvalue weighted by Gasteiger charge is 2.25. The molecule has 1 heterocycles. The molecule has 0 bridgehead atoms. The molecule has 1 fully saturated rings. The van der Waals surface area contributed by atoms with Gasteiger partial charge in [0, 0.05) is 5.69 Å². The molecule has 0 spiro atoms. The van der Waals surface area contributed by atoms with Crippen molar-refractivity contribution in [1.82, 2.24) is 5.32 Å². The van der Waals surface area contributed by atoms with Crippen molar-refractivity contribution in [3.63, 3.8) is 0 Å². The van der Waals surface area contributed by atoms with Crippen molar-refractivity contribution in [2.24, 2.45) is 5.92 Å². The van der Waals surface area contributed by atoms with Crippen LogP contribution in [0.4, 0.5) is 5.69 Å². The van der Waals surface area contributed by atoms with Crippen molar-refractivity contribution in [1.29, 1.82) is 5.26 Å². The minimum absolute atomic E-state index is 0.0380. The van der Waals surface area contributed by atoms with Crippen LogP contribution in [0.25, 0.3) is 0 Å². The smallest absolute Gasteiger partial charge is 0.241 e. The maximum Gasteiger partial charge on any atom is 0.241 e. The van der Waals surface area contributed by atoms with Crippen molar-refractivity contribution in [3.05, 3.63) is 28.8 Å². The van der Waals surface area contributed by atoms with E-state index in [0.717, 1.165) is 25.8 Å². The Morgan fingerprint density at radius 2 is 2.40 bits per heavy atom. The molecule has 2 rings (SSSR count). The molecule has 2 atom stereocenters. The molecule has 1 aromatic carbocycles. The van der Waals surface area contributed by atoms with Gasteiger partial charge in [-0.25, -0.2) is 0 Å². The zero-order chi connectivity index (χ0) is 14.5. The third kappa shape index (κ3) is 3.50. The number of nitriles is 1. The van der Waals surface area contributed by atoms with Crippen molar-refractivity contribution >= 4 is 23.2 Å². The monoisotopic (exact) mass is 291 g/mol. The zero-order valence-corrected chi connectivity index (χ0v) is 12.2. The molecule has 2 unspecified atom stereocenters. The van der Waals surface area contributed by atoms with E-state index in [9.17, 15) is 4.79 Å². The first-order valence-corrected chi connectivity index (χ1v) is 7.25. The summed E-state index contributed by atoms with van der Waals surface area (Å²) in [5.74, 6) is 0.570. The number of amides is 1. The third-order valence-electron chi connectivity index (χ3n) is 3.76. The first-order chi connectivity index (χ1) is 9.63. The average Bonchev–Trinajstić information content (AvgIpc) is 2.47. The summed E-state index contributed by atoms with van der Waals surface area (Å²) in [6.45, 7) is 3.04. The molecule has 4 nitrogen and oxygen atoms in total. The van der Waals surface area contributed by atoms with E-state index in [1.54, 1.807) is 18.2 Å². The van der Waals surface area contributed by atoms with E-state index in [0.29, 0.717) is 22.2 Å². The van der Waals surface area contributed by atoms with Gasteiger partial charge in [0.15, 0.2) is 0 Å². The largest absolute Gasteiger partial charge is 0.325 e. The van der Waals surface area contributed by atoms with E-state index in [1.807, 2.05) is 6.07 Å². The highest BCUT2D eigenvalue weighted by Crippen LogP contribution is 2.22. The number of benzene rings is 1. The average molecular weight is 292 g/mol. The third-order valence-corrected chi connectivity index (χ3v) is 4.08. The van der Waals surface area contributed by atoms with Gasteiger partial charge in [-0.1, -0.05) is 24.9 Å². The van der Waals surface area contributed by atoms with E-state index < -0.39 is 0 Å². The Morgan fingerprint density at radius 1 is 1.60 bits per heavy atom. The van der Waals surface area contributed by atoms with Gasteiger partial charge in [-0.2, -0.15) is 5.26 Å². The number of nitrogens with one attached hydrogen (secondary N) is 2. The maximum absolute atomic E-state index is 12.2. The molecule has 5 heteroatoms. The Morgan fingerprint density at radius 3 is 3.05 bits per heavy atom. The molecule has 1 aliphatic heterocycles. The number of rotatable bonds is 3. The van der Waals surface area contributed by atoms with Crippen LogP contribution < -0.4 is 10.6 Å². The summed E-state index contributed by atoms with van der Waals surface area (Å²) in [7, 11) is 0. The van der Waals surface area contributed by atoms with Crippen LogP contribution in [-0.2, 0) is 4.79 Å². The Kier molecular flexibility index (Phi) is 4.99. The normalized spacial score (nSPS) is 22.1. The summed E-state index contributed by atoms with van der Waals surface area (Å²) in [6.07, 6.45) is 3.10. The summed E-state index contributed by atoms with van der Waals surface area (Å²) in [4.78, 5) is 12.2. The van der Waals surface area contributed by atoms with Gasteiger partial charge >= 0.3 is 0 Å². The van der Waals surface area contributed by atoms with Crippen LogP contribution >= 0.6 is 11.6 Å². The summed E-state index contributed by atoms with van der Waals surface area (Å²) in [5.41, 5.74) is 1.03. The molecule has 0 saturated carbocycles. The predicted molar refractivity (Wildman–Crippen MR) is 79.6 cm³/mol. The molecule has 0 radical (unpaired) electrons. The van der Waals surface area contributed by atoms with Gasteiger partial charge in [-0.05, 0) is 43.5 Å². The summed E-state index contributed by atoms with van der Waals surface area (Å²) in [6, 6.07) is 6.76. The lowest BCUT2D eigenvalue weighted by Gasteiger charge is -2.28. The van der Waals surface area contributed by atoms with Gasteiger partial charge < -0.3 is 10.6 Å². The Bertz CT molecular complexity index is 538. The van der Waals surface area contributed by atoms with Gasteiger partial charge in [0.2, 0.25) is 5.91 Å². The summed E-state index contributed by atoms with van der Waals surface area (Å²) >= 11 is 5.95. The lowest BCUT2D eigenvalue weighted by Crippen LogP contribution is -2.46. The van der Waals surface area contributed by atoms with Crippen LogP contribution in [0.2, 0.25) is 5.02 Å². The van der Waals surface area contributed by atoms with Crippen molar-refractivity contribution in [2.75, 3.05) is 11.9 Å². The zero-order valence-electron chi connectivity index (χ0n) is 11.4. The quantitative estimate of drug-likeness (QED) is 0.900. The molecule has 1 aliphatic rings. The molecule has 1 aromatic rings. The fraction of sp³-hybridized carbons (Fsp3) is 0.467. The molecule has 2 N–H and O–H groups in total. The van der Waals surface area contributed by atoms with Crippen LogP contribution in [0.1, 0.15) is 31.7 Å². The van der Waals surface area contributed by atoms with Crippen molar-refractivity contribution in [2.45, 2.75) is 32.2 Å². The molecule has 20 heavy (non-hydrogen) atoms. The van der Waals surface area contributed by atoms with E-state index in [4.69, 9.17) is 16.9 Å². The standard InChI is InChI=1S/C15H18ClN3O/c1-2-10-5-6-18-14(7-10)15(20)19-12-4-3-11(9-17)13(16)8-12/h3-4,8,10,14,18H,2,5-7H2,1H3,(H,19,20). The highest BCUT2D eigenvalue weighted by molar-refractivity contribution is 6.32. The predicted octanol–water partition coefficient (Wildman–Crippen LogP) is 2.93. The van der Waals surface area contributed by atoms with Crippen LogP contribution in [0.15, 0.2) is 18.2 Å². The second-order valence-corrected chi connectivity index (χ2v) is 5.51. The maximum atomic E-state index is 12.2. The van der Waals surface area contributed by atoms with Gasteiger partial charge in [-0.3, -0.25) is 4.79 Å². The van der Waals surface area contributed by atoms with Gasteiger partial charge in [0.05, 0.1) is 16.6 Å². The van der Waals surface area contributed by atoms with E-state index in [-0.39, 0.29) is 11.9 Å². The molecular formula is C15H18ClN3O. The van der Waals surface area contributed by atoms with Crippen LogP contribution in [0.3, 0.4) is 0 Å². The van der Waals surface area contributed by atoms with E-state index in [1.165, 1.54) is 0 Å². The van der Waals surface area contributed by atoms with E-state index >= 15 is 0 Å². The van der Waals surface area contributed by atoms with Crippen LogP contribution in [0, 0.1) is 17.2 Å². The highest BCUT2D eigenvalue weighted by atomic mass is 35.5. The molecule has 0 aliphatic carbocycles. The number of nitrogens with zero attached hydrogens (tertiary/aromatic N) is 1. The minimum Gasteiger partial charge on any atom is -0.325 e. The summed E-state index contributed by atoms with van der Waals surface area (Å²) in [5, 5.41) is 15.3. The SMILES string of the molecule is CCC1CCNC(C(=O)Nc2ccc(C#N)c(Cl)c2)C1. The first-order valence-electron chi connectivity index (χ1n) is 6.88. The topological polar surface area (TPSA) is 64.9 Å². The minimum atomic E-state index is -0.150. The number of hydrogen-bond donors (Lipinski definition) is 2. The summed E-state index contributed by atoms with van der Waals surface area (Å²) < 4.78 is 0. The molecule has 1 amide bonds. The lowest BCUT2D eigenvalue weighted by molar-refractivity contribution is -0.119. The number of hydrogen-bond acceptors (Lipinski definition) is 3. The lowest BCUT2D eigenvalue weighted by atomic mass is 9.90. The van der Waals surface area contributed by atoms with Gasteiger partial charge in [-0.15, -0.1) is 0 Å².